The fourth-order valence-electron chi connectivity index (χ4n) is 2.74. The van der Waals surface area contributed by atoms with E-state index in [4.69, 9.17) is 9.47 Å². The van der Waals surface area contributed by atoms with Gasteiger partial charge in [0, 0.05) is 26.2 Å². The summed E-state index contributed by atoms with van der Waals surface area (Å²) in [5.74, 6) is 0.540. The van der Waals surface area contributed by atoms with Crippen molar-refractivity contribution in [2.45, 2.75) is 19.4 Å². The lowest BCUT2D eigenvalue weighted by Crippen LogP contribution is -2.57. The van der Waals surface area contributed by atoms with Crippen LogP contribution in [-0.2, 0) is 15.1 Å². The van der Waals surface area contributed by atoms with Crippen LogP contribution in [0, 0.1) is 0 Å². The van der Waals surface area contributed by atoms with Crippen LogP contribution in [0.25, 0.3) is 0 Å². The van der Waals surface area contributed by atoms with Gasteiger partial charge in [-0.05, 0) is 31.5 Å². The minimum Gasteiger partial charge on any atom is -0.497 e. The van der Waals surface area contributed by atoms with E-state index < -0.39 is 5.54 Å². The van der Waals surface area contributed by atoms with Crippen LogP contribution in [0.4, 0.5) is 0 Å². The Bertz CT molecular complexity index is 486. The molecule has 2 rings (SSSR count). The highest BCUT2D eigenvalue weighted by atomic mass is 16.5. The van der Waals surface area contributed by atoms with Crippen LogP contribution in [0.1, 0.15) is 19.4 Å². The van der Waals surface area contributed by atoms with Crippen LogP contribution in [-0.4, -0.2) is 50.8 Å². The quantitative estimate of drug-likeness (QED) is 0.831. The van der Waals surface area contributed by atoms with E-state index in [-0.39, 0.29) is 5.97 Å². The van der Waals surface area contributed by atoms with Gasteiger partial charge >= 0.3 is 5.97 Å². The summed E-state index contributed by atoms with van der Waals surface area (Å²) in [6.07, 6.45) is 0. The molecule has 1 aromatic carbocycles. The number of rotatable bonds is 5. The first-order valence-electron chi connectivity index (χ1n) is 7.40. The van der Waals surface area contributed by atoms with Crippen molar-refractivity contribution in [3.05, 3.63) is 29.8 Å². The van der Waals surface area contributed by atoms with Crippen LogP contribution >= 0.6 is 0 Å². The number of carbonyl (C=O) groups is 1. The largest absolute Gasteiger partial charge is 0.497 e. The van der Waals surface area contributed by atoms with Gasteiger partial charge in [-0.1, -0.05) is 12.1 Å². The molecule has 0 aliphatic carbocycles. The molecule has 1 heterocycles. The van der Waals surface area contributed by atoms with Gasteiger partial charge in [0.05, 0.1) is 13.7 Å². The molecule has 116 valence electrons. The SMILES string of the molecule is CCOC(=O)C(C)(c1cccc(OC)c1)N1CCNCC1. The zero-order valence-corrected chi connectivity index (χ0v) is 13.0. The summed E-state index contributed by atoms with van der Waals surface area (Å²) < 4.78 is 10.6. The highest BCUT2D eigenvalue weighted by molar-refractivity contribution is 5.82. The molecule has 5 nitrogen and oxygen atoms in total. The molecule has 5 heteroatoms. The number of piperazine rings is 1. The van der Waals surface area contributed by atoms with Crippen molar-refractivity contribution >= 4 is 5.97 Å². The molecule has 1 N–H and O–H groups in total. The highest BCUT2D eigenvalue weighted by Crippen LogP contribution is 2.32. The Balaban J connectivity index is 2.40. The fourth-order valence-corrected chi connectivity index (χ4v) is 2.74. The first kappa shape index (κ1) is 15.8. The Morgan fingerprint density at radius 2 is 2.10 bits per heavy atom. The van der Waals surface area contributed by atoms with Crippen LogP contribution in [0.3, 0.4) is 0 Å². The number of carbonyl (C=O) groups excluding carboxylic acids is 1. The third-order valence-corrected chi connectivity index (χ3v) is 4.05. The number of esters is 1. The minimum absolute atomic E-state index is 0.208. The van der Waals surface area contributed by atoms with E-state index in [1.54, 1.807) is 7.11 Å². The summed E-state index contributed by atoms with van der Waals surface area (Å²) in [6, 6.07) is 7.67. The summed E-state index contributed by atoms with van der Waals surface area (Å²) >= 11 is 0. The zero-order valence-electron chi connectivity index (χ0n) is 13.0. The Labute approximate surface area is 126 Å². The van der Waals surface area contributed by atoms with Crippen molar-refractivity contribution < 1.29 is 14.3 Å². The number of ether oxygens (including phenoxy) is 2. The molecule has 0 aromatic heterocycles. The molecular formula is C16H24N2O3. The van der Waals surface area contributed by atoms with E-state index >= 15 is 0 Å². The zero-order chi connectivity index (χ0) is 15.3. The molecule has 1 atom stereocenters. The number of hydrogen-bond donors (Lipinski definition) is 1. The monoisotopic (exact) mass is 292 g/mol. The van der Waals surface area contributed by atoms with Gasteiger partial charge < -0.3 is 14.8 Å². The maximum absolute atomic E-state index is 12.6. The van der Waals surface area contributed by atoms with Gasteiger partial charge in [0.15, 0.2) is 0 Å². The number of nitrogens with one attached hydrogen (secondary N) is 1. The van der Waals surface area contributed by atoms with Gasteiger partial charge in [0.1, 0.15) is 11.3 Å². The number of hydrogen-bond acceptors (Lipinski definition) is 5. The van der Waals surface area contributed by atoms with Crippen molar-refractivity contribution in [2.75, 3.05) is 39.9 Å². The third kappa shape index (κ3) is 3.19. The summed E-state index contributed by atoms with van der Waals surface area (Å²) in [5.41, 5.74) is 0.120. The molecule has 0 bridgehead atoms. The molecule has 1 aliphatic rings. The molecule has 1 unspecified atom stereocenters. The lowest BCUT2D eigenvalue weighted by Gasteiger charge is -2.41. The van der Waals surface area contributed by atoms with E-state index in [1.807, 2.05) is 38.1 Å². The van der Waals surface area contributed by atoms with E-state index in [9.17, 15) is 4.79 Å². The Morgan fingerprint density at radius 3 is 2.71 bits per heavy atom. The van der Waals surface area contributed by atoms with Crippen LogP contribution < -0.4 is 10.1 Å². The summed E-state index contributed by atoms with van der Waals surface area (Å²) in [5, 5.41) is 3.31. The first-order chi connectivity index (χ1) is 10.1. The smallest absolute Gasteiger partial charge is 0.330 e. The summed E-state index contributed by atoms with van der Waals surface area (Å²) in [7, 11) is 1.63. The van der Waals surface area contributed by atoms with Gasteiger partial charge in [-0.2, -0.15) is 0 Å². The van der Waals surface area contributed by atoms with Crippen molar-refractivity contribution in [2.24, 2.45) is 0 Å². The lowest BCUT2D eigenvalue weighted by molar-refractivity contribution is -0.158. The highest BCUT2D eigenvalue weighted by Gasteiger charge is 2.43. The van der Waals surface area contributed by atoms with Crippen LogP contribution in [0.15, 0.2) is 24.3 Å². The molecule has 1 aliphatic heterocycles. The Hall–Kier alpha value is -1.59. The second kappa shape index (κ2) is 6.91. The van der Waals surface area contributed by atoms with Crippen molar-refractivity contribution in [3.8, 4) is 5.75 Å². The number of benzene rings is 1. The first-order valence-corrected chi connectivity index (χ1v) is 7.40. The van der Waals surface area contributed by atoms with Crippen molar-refractivity contribution in [1.82, 2.24) is 10.2 Å². The topological polar surface area (TPSA) is 50.8 Å². The summed E-state index contributed by atoms with van der Waals surface area (Å²) in [6.45, 7) is 7.52. The molecule has 1 aromatic rings. The number of methoxy groups -OCH3 is 1. The van der Waals surface area contributed by atoms with Gasteiger partial charge in [0.25, 0.3) is 0 Å². The van der Waals surface area contributed by atoms with E-state index in [0.29, 0.717) is 6.61 Å². The fraction of sp³-hybridized carbons (Fsp3) is 0.562. The normalized spacial score (nSPS) is 18.8. The Kier molecular flexibility index (Phi) is 5.20. The second-order valence-electron chi connectivity index (χ2n) is 5.26. The van der Waals surface area contributed by atoms with E-state index in [0.717, 1.165) is 37.5 Å². The average Bonchev–Trinajstić information content (AvgIpc) is 2.55. The lowest BCUT2D eigenvalue weighted by atomic mass is 9.89. The average molecular weight is 292 g/mol. The van der Waals surface area contributed by atoms with E-state index in [2.05, 4.69) is 10.2 Å². The van der Waals surface area contributed by atoms with Crippen molar-refractivity contribution in [1.29, 1.82) is 0 Å². The maximum Gasteiger partial charge on any atom is 0.330 e. The van der Waals surface area contributed by atoms with Gasteiger partial charge in [-0.15, -0.1) is 0 Å². The molecule has 1 fully saturated rings. The predicted molar refractivity (Wildman–Crippen MR) is 81.4 cm³/mol. The Morgan fingerprint density at radius 1 is 1.38 bits per heavy atom. The molecule has 1 saturated heterocycles. The second-order valence-corrected chi connectivity index (χ2v) is 5.26. The van der Waals surface area contributed by atoms with Gasteiger partial charge in [-0.3, -0.25) is 4.90 Å². The molecule has 0 spiro atoms. The van der Waals surface area contributed by atoms with Gasteiger partial charge in [0.2, 0.25) is 0 Å². The van der Waals surface area contributed by atoms with Crippen LogP contribution in [0.2, 0.25) is 0 Å². The van der Waals surface area contributed by atoms with Gasteiger partial charge in [-0.25, -0.2) is 4.79 Å². The van der Waals surface area contributed by atoms with Crippen LogP contribution in [0.5, 0.6) is 5.75 Å². The predicted octanol–water partition coefficient (Wildman–Crippen LogP) is 1.38. The third-order valence-electron chi connectivity index (χ3n) is 4.05. The molecule has 0 saturated carbocycles. The number of nitrogens with zero attached hydrogens (tertiary/aromatic N) is 1. The minimum atomic E-state index is -0.785. The maximum atomic E-state index is 12.6. The summed E-state index contributed by atoms with van der Waals surface area (Å²) in [4.78, 5) is 14.8. The van der Waals surface area contributed by atoms with E-state index in [1.165, 1.54) is 0 Å². The standard InChI is InChI=1S/C16H24N2O3/c1-4-21-15(19)16(2,18-10-8-17-9-11-18)13-6-5-7-14(12-13)20-3/h5-7,12,17H,4,8-11H2,1-3H3. The molecular weight excluding hydrogens is 268 g/mol. The molecule has 0 amide bonds. The van der Waals surface area contributed by atoms with Crippen molar-refractivity contribution in [3.63, 3.8) is 0 Å². The molecule has 21 heavy (non-hydrogen) atoms. The molecule has 0 radical (unpaired) electrons.